The number of carbonyl (C=O) groups excluding carboxylic acids is 1. The molecule has 0 rings (SSSR count). The largest absolute Gasteiger partial charge is 0.480 e. The predicted octanol–water partition coefficient (Wildman–Crippen LogP) is -0.223. The molecule has 0 heterocycles. The minimum Gasteiger partial charge on any atom is -0.480 e. The molecule has 1 atom stereocenters. The van der Waals surface area contributed by atoms with Gasteiger partial charge in [0.2, 0.25) is 0 Å². The molecule has 0 saturated heterocycles. The molecular weight excluding hydrogens is 200 g/mol. The number of hydrogen-bond donors (Lipinski definition) is 4. The van der Waals surface area contributed by atoms with Gasteiger partial charge in [-0.3, -0.25) is 0 Å². The average molecular weight is 218 g/mol. The summed E-state index contributed by atoms with van der Waals surface area (Å²) in [5.41, 5.74) is 0. The van der Waals surface area contributed by atoms with Crippen molar-refractivity contribution in [1.82, 2.24) is 10.6 Å². The first-order valence-electron chi connectivity index (χ1n) is 4.85. The van der Waals surface area contributed by atoms with Gasteiger partial charge < -0.3 is 20.8 Å². The molecule has 0 aliphatic heterocycles. The van der Waals surface area contributed by atoms with Gasteiger partial charge in [0.15, 0.2) is 0 Å². The van der Waals surface area contributed by atoms with E-state index in [-0.39, 0.29) is 13.0 Å². The number of urea groups is 1. The van der Waals surface area contributed by atoms with E-state index in [0.717, 1.165) is 0 Å². The third-order valence-corrected chi connectivity index (χ3v) is 1.69. The van der Waals surface area contributed by atoms with E-state index in [1.807, 2.05) is 13.8 Å². The molecule has 0 aromatic carbocycles. The molecule has 0 aromatic rings. The second kappa shape index (κ2) is 7.05. The van der Waals surface area contributed by atoms with Crippen molar-refractivity contribution in [3.05, 3.63) is 0 Å². The smallest absolute Gasteiger partial charge is 0.326 e. The Labute approximate surface area is 88.7 Å². The standard InChI is InChI=1S/C9H18N2O4/c1-6(2)5-10-9(15)11-7(3-4-12)8(13)14/h6-7,12H,3-5H2,1-2H3,(H,13,14)(H2,10,11,15)/t7-/m0/s1. The Bertz CT molecular complexity index is 218. The van der Waals surface area contributed by atoms with Gasteiger partial charge in [0.05, 0.1) is 0 Å². The highest BCUT2D eigenvalue weighted by atomic mass is 16.4. The zero-order valence-corrected chi connectivity index (χ0v) is 8.99. The monoisotopic (exact) mass is 218 g/mol. The second-order valence-electron chi connectivity index (χ2n) is 3.65. The van der Waals surface area contributed by atoms with Crippen LogP contribution in [0.25, 0.3) is 0 Å². The Morgan fingerprint density at radius 2 is 1.93 bits per heavy atom. The van der Waals surface area contributed by atoms with E-state index in [4.69, 9.17) is 10.2 Å². The number of aliphatic carboxylic acids is 1. The van der Waals surface area contributed by atoms with Crippen molar-refractivity contribution < 1.29 is 19.8 Å². The SMILES string of the molecule is CC(C)CNC(=O)N[C@@H](CCO)C(=O)O. The van der Waals surface area contributed by atoms with Gasteiger partial charge in [-0.25, -0.2) is 9.59 Å². The molecule has 88 valence electrons. The van der Waals surface area contributed by atoms with Gasteiger partial charge in [-0.2, -0.15) is 0 Å². The van der Waals surface area contributed by atoms with Gasteiger partial charge in [-0.05, 0) is 5.92 Å². The van der Waals surface area contributed by atoms with Crippen LogP contribution in [-0.2, 0) is 4.79 Å². The number of hydrogen-bond acceptors (Lipinski definition) is 3. The molecule has 2 amide bonds. The summed E-state index contributed by atoms with van der Waals surface area (Å²) in [5.74, 6) is -0.847. The van der Waals surface area contributed by atoms with Crippen LogP contribution in [0.15, 0.2) is 0 Å². The molecule has 4 N–H and O–H groups in total. The Kier molecular flexibility index (Phi) is 6.44. The van der Waals surface area contributed by atoms with Crippen LogP contribution in [0.5, 0.6) is 0 Å². The minimum atomic E-state index is -1.15. The molecule has 0 aliphatic rings. The van der Waals surface area contributed by atoms with E-state index in [2.05, 4.69) is 10.6 Å². The number of carbonyl (C=O) groups is 2. The zero-order valence-electron chi connectivity index (χ0n) is 8.99. The van der Waals surface area contributed by atoms with E-state index < -0.39 is 18.0 Å². The lowest BCUT2D eigenvalue weighted by molar-refractivity contribution is -0.139. The van der Waals surface area contributed by atoms with Crippen LogP contribution in [0.2, 0.25) is 0 Å². The number of nitrogens with one attached hydrogen (secondary N) is 2. The quantitative estimate of drug-likeness (QED) is 0.495. The second-order valence-corrected chi connectivity index (χ2v) is 3.65. The lowest BCUT2D eigenvalue weighted by atomic mass is 10.2. The lowest BCUT2D eigenvalue weighted by Crippen LogP contribution is -2.47. The normalized spacial score (nSPS) is 12.3. The predicted molar refractivity (Wildman–Crippen MR) is 54.5 cm³/mol. The summed E-state index contributed by atoms with van der Waals surface area (Å²) in [6.07, 6.45) is 0.00440. The van der Waals surface area contributed by atoms with Crippen molar-refractivity contribution in [2.24, 2.45) is 5.92 Å². The number of amides is 2. The van der Waals surface area contributed by atoms with Gasteiger partial charge in [-0.1, -0.05) is 13.8 Å². The summed E-state index contributed by atoms with van der Waals surface area (Å²) in [6.45, 7) is 4.07. The Morgan fingerprint density at radius 3 is 2.33 bits per heavy atom. The maximum Gasteiger partial charge on any atom is 0.326 e. The minimum absolute atomic E-state index is 0.00440. The van der Waals surface area contributed by atoms with Crippen LogP contribution >= 0.6 is 0 Å². The van der Waals surface area contributed by atoms with E-state index >= 15 is 0 Å². The summed E-state index contributed by atoms with van der Waals surface area (Å²) >= 11 is 0. The van der Waals surface area contributed by atoms with E-state index in [1.54, 1.807) is 0 Å². The van der Waals surface area contributed by atoms with Crippen molar-refractivity contribution in [3.8, 4) is 0 Å². The fourth-order valence-electron chi connectivity index (χ4n) is 0.893. The van der Waals surface area contributed by atoms with Crippen molar-refractivity contribution >= 4 is 12.0 Å². The van der Waals surface area contributed by atoms with Gasteiger partial charge in [0, 0.05) is 19.6 Å². The zero-order chi connectivity index (χ0) is 11.8. The Balaban J connectivity index is 3.94. The number of aliphatic hydroxyl groups excluding tert-OH is 1. The first kappa shape index (κ1) is 13.7. The molecule has 0 bridgehead atoms. The number of aliphatic hydroxyl groups is 1. The molecule has 0 fully saturated rings. The first-order chi connectivity index (χ1) is 6.97. The van der Waals surface area contributed by atoms with Gasteiger partial charge in [0.1, 0.15) is 6.04 Å². The maximum absolute atomic E-state index is 11.2. The molecule has 0 saturated carbocycles. The topological polar surface area (TPSA) is 98.7 Å². The molecule has 0 aliphatic carbocycles. The van der Waals surface area contributed by atoms with Crippen molar-refractivity contribution in [2.45, 2.75) is 26.3 Å². The van der Waals surface area contributed by atoms with Gasteiger partial charge in [-0.15, -0.1) is 0 Å². The van der Waals surface area contributed by atoms with E-state index in [1.165, 1.54) is 0 Å². The number of carboxylic acids is 1. The van der Waals surface area contributed by atoms with Crippen LogP contribution in [-0.4, -0.2) is 41.4 Å². The van der Waals surface area contributed by atoms with Crippen LogP contribution in [0.3, 0.4) is 0 Å². The van der Waals surface area contributed by atoms with Crippen molar-refractivity contribution in [1.29, 1.82) is 0 Å². The summed E-state index contributed by atoms with van der Waals surface area (Å²) < 4.78 is 0. The fraction of sp³-hybridized carbons (Fsp3) is 0.778. The molecule has 0 radical (unpaired) electrons. The van der Waals surface area contributed by atoms with Gasteiger partial charge in [0.25, 0.3) is 0 Å². The Hall–Kier alpha value is -1.30. The lowest BCUT2D eigenvalue weighted by Gasteiger charge is -2.14. The molecular formula is C9H18N2O4. The summed E-state index contributed by atoms with van der Waals surface area (Å²) in [7, 11) is 0. The molecule has 15 heavy (non-hydrogen) atoms. The number of carboxylic acid groups (broad SMARTS) is 1. The summed E-state index contributed by atoms with van der Waals surface area (Å²) in [6, 6.07) is -1.56. The third-order valence-electron chi connectivity index (χ3n) is 1.69. The third kappa shape index (κ3) is 6.73. The molecule has 6 nitrogen and oxygen atoms in total. The van der Waals surface area contributed by atoms with E-state index in [0.29, 0.717) is 12.5 Å². The maximum atomic E-state index is 11.2. The van der Waals surface area contributed by atoms with Crippen LogP contribution in [0.4, 0.5) is 4.79 Å². The van der Waals surface area contributed by atoms with Crippen molar-refractivity contribution in [3.63, 3.8) is 0 Å². The molecule has 0 unspecified atom stereocenters. The highest BCUT2D eigenvalue weighted by Crippen LogP contribution is 1.92. The highest BCUT2D eigenvalue weighted by Gasteiger charge is 2.18. The highest BCUT2D eigenvalue weighted by molar-refractivity contribution is 5.82. The van der Waals surface area contributed by atoms with Crippen LogP contribution in [0, 0.1) is 5.92 Å². The Morgan fingerprint density at radius 1 is 1.33 bits per heavy atom. The fourth-order valence-corrected chi connectivity index (χ4v) is 0.893. The summed E-state index contributed by atoms with van der Waals surface area (Å²) in [5, 5.41) is 22.1. The molecule has 6 heteroatoms. The molecule has 0 aromatic heterocycles. The first-order valence-corrected chi connectivity index (χ1v) is 4.85. The van der Waals surface area contributed by atoms with Crippen molar-refractivity contribution in [2.75, 3.05) is 13.2 Å². The molecule has 0 spiro atoms. The van der Waals surface area contributed by atoms with Gasteiger partial charge >= 0.3 is 12.0 Å². The number of rotatable bonds is 6. The average Bonchev–Trinajstić information content (AvgIpc) is 2.14. The van der Waals surface area contributed by atoms with Crippen LogP contribution in [0.1, 0.15) is 20.3 Å². The van der Waals surface area contributed by atoms with E-state index in [9.17, 15) is 9.59 Å². The summed E-state index contributed by atoms with van der Waals surface area (Å²) in [4.78, 5) is 21.8. The van der Waals surface area contributed by atoms with Crippen LogP contribution < -0.4 is 10.6 Å².